The molecule has 0 saturated heterocycles. The maximum absolute atomic E-state index is 11.7. The van der Waals surface area contributed by atoms with Crippen LogP contribution in [0.1, 0.15) is 28.9 Å². The van der Waals surface area contributed by atoms with Crippen LogP contribution < -0.4 is 5.32 Å². The zero-order valence-corrected chi connectivity index (χ0v) is 10.4. The van der Waals surface area contributed by atoms with Crippen molar-refractivity contribution in [1.82, 2.24) is 5.32 Å². The van der Waals surface area contributed by atoms with Gasteiger partial charge < -0.3 is 10.4 Å². The molecule has 1 aliphatic carbocycles. The van der Waals surface area contributed by atoms with Crippen molar-refractivity contribution in [1.29, 1.82) is 0 Å². The van der Waals surface area contributed by atoms with E-state index in [-0.39, 0.29) is 17.9 Å². The molecular formula is C11H14ClNO2S. The van der Waals surface area contributed by atoms with Crippen LogP contribution in [0.3, 0.4) is 0 Å². The van der Waals surface area contributed by atoms with Gasteiger partial charge >= 0.3 is 0 Å². The molecule has 2 N–H and O–H groups in total. The van der Waals surface area contributed by atoms with Gasteiger partial charge in [0.2, 0.25) is 0 Å². The number of nitrogens with one attached hydrogen (secondary N) is 1. The van der Waals surface area contributed by atoms with Gasteiger partial charge in [-0.25, -0.2) is 0 Å². The topological polar surface area (TPSA) is 49.3 Å². The Morgan fingerprint density at radius 2 is 2.38 bits per heavy atom. The largest absolute Gasteiger partial charge is 0.393 e. The van der Waals surface area contributed by atoms with Gasteiger partial charge in [-0.2, -0.15) is 0 Å². The lowest BCUT2D eigenvalue weighted by Gasteiger charge is -2.14. The molecule has 2 rings (SSSR count). The van der Waals surface area contributed by atoms with Crippen molar-refractivity contribution in [2.75, 3.05) is 6.54 Å². The number of carbonyl (C=O) groups excluding carboxylic acids is 1. The molecule has 5 heteroatoms. The molecule has 88 valence electrons. The van der Waals surface area contributed by atoms with Crippen LogP contribution >= 0.6 is 22.9 Å². The minimum Gasteiger partial charge on any atom is -0.393 e. The molecule has 0 bridgehead atoms. The molecule has 1 fully saturated rings. The molecule has 1 aliphatic rings. The SMILES string of the molecule is O=C(NCC1CCCC1O)c1ccc(Cl)s1. The van der Waals surface area contributed by atoms with Crippen molar-refractivity contribution in [3.8, 4) is 0 Å². The van der Waals surface area contributed by atoms with Gasteiger partial charge in [-0.1, -0.05) is 18.0 Å². The van der Waals surface area contributed by atoms with E-state index in [0.29, 0.717) is 15.8 Å². The third-order valence-corrected chi connectivity index (χ3v) is 4.17. The maximum atomic E-state index is 11.7. The summed E-state index contributed by atoms with van der Waals surface area (Å²) in [6.07, 6.45) is 2.64. The Morgan fingerprint density at radius 1 is 1.56 bits per heavy atom. The van der Waals surface area contributed by atoms with Crippen LogP contribution in [-0.2, 0) is 0 Å². The zero-order valence-electron chi connectivity index (χ0n) is 8.78. The van der Waals surface area contributed by atoms with Crippen molar-refractivity contribution >= 4 is 28.8 Å². The Kier molecular flexibility index (Phi) is 3.84. The van der Waals surface area contributed by atoms with Crippen molar-refractivity contribution in [2.24, 2.45) is 5.92 Å². The molecule has 3 nitrogen and oxygen atoms in total. The fourth-order valence-corrected chi connectivity index (χ4v) is 2.96. The van der Waals surface area contributed by atoms with Crippen LogP contribution in [0.4, 0.5) is 0 Å². The molecule has 0 radical (unpaired) electrons. The number of aliphatic hydroxyl groups excluding tert-OH is 1. The van der Waals surface area contributed by atoms with Gasteiger partial charge in [0.25, 0.3) is 5.91 Å². The highest BCUT2D eigenvalue weighted by atomic mass is 35.5. The number of amides is 1. The summed E-state index contributed by atoms with van der Waals surface area (Å²) in [5.74, 6) is 0.107. The zero-order chi connectivity index (χ0) is 11.5. The summed E-state index contributed by atoms with van der Waals surface area (Å²) in [6.45, 7) is 0.551. The van der Waals surface area contributed by atoms with E-state index in [1.165, 1.54) is 11.3 Å². The van der Waals surface area contributed by atoms with Crippen LogP contribution in [0.2, 0.25) is 4.34 Å². The highest BCUT2D eigenvalue weighted by Crippen LogP contribution is 2.25. The van der Waals surface area contributed by atoms with Gasteiger partial charge in [-0.3, -0.25) is 4.79 Å². The molecular weight excluding hydrogens is 246 g/mol. The third kappa shape index (κ3) is 2.75. The van der Waals surface area contributed by atoms with Crippen LogP contribution in [0.5, 0.6) is 0 Å². The highest BCUT2D eigenvalue weighted by molar-refractivity contribution is 7.17. The van der Waals surface area contributed by atoms with Crippen LogP contribution in [0.25, 0.3) is 0 Å². The number of hydrogen-bond donors (Lipinski definition) is 2. The number of hydrogen-bond acceptors (Lipinski definition) is 3. The molecule has 2 unspecified atom stereocenters. The Morgan fingerprint density at radius 3 is 2.94 bits per heavy atom. The predicted molar refractivity (Wildman–Crippen MR) is 65.0 cm³/mol. The van der Waals surface area contributed by atoms with Crippen LogP contribution in [0, 0.1) is 5.92 Å². The quantitative estimate of drug-likeness (QED) is 0.875. The van der Waals surface area contributed by atoms with E-state index in [1.807, 2.05) is 0 Å². The lowest BCUT2D eigenvalue weighted by Crippen LogP contribution is -2.31. The number of halogens is 1. The summed E-state index contributed by atoms with van der Waals surface area (Å²) in [5.41, 5.74) is 0. The minimum atomic E-state index is -0.257. The monoisotopic (exact) mass is 259 g/mol. The van der Waals surface area contributed by atoms with Crippen molar-refractivity contribution in [3.05, 3.63) is 21.3 Å². The summed E-state index contributed by atoms with van der Waals surface area (Å²) in [4.78, 5) is 12.3. The van der Waals surface area contributed by atoms with E-state index in [9.17, 15) is 9.90 Å². The van der Waals surface area contributed by atoms with E-state index in [0.717, 1.165) is 19.3 Å². The van der Waals surface area contributed by atoms with Gasteiger partial charge in [0.05, 0.1) is 15.3 Å². The Hall–Kier alpha value is -0.580. The third-order valence-electron chi connectivity index (χ3n) is 2.94. The lowest BCUT2D eigenvalue weighted by atomic mass is 10.1. The molecule has 0 aliphatic heterocycles. The summed E-state index contributed by atoms with van der Waals surface area (Å²) in [7, 11) is 0. The highest BCUT2D eigenvalue weighted by Gasteiger charge is 2.25. The van der Waals surface area contributed by atoms with E-state index >= 15 is 0 Å². The Balaban J connectivity index is 1.84. The first kappa shape index (κ1) is 11.9. The van der Waals surface area contributed by atoms with E-state index in [1.54, 1.807) is 12.1 Å². The lowest BCUT2D eigenvalue weighted by molar-refractivity contribution is 0.0920. The van der Waals surface area contributed by atoms with Gasteiger partial charge in [-0.05, 0) is 25.0 Å². The fourth-order valence-electron chi connectivity index (χ4n) is 2.00. The number of rotatable bonds is 3. The summed E-state index contributed by atoms with van der Waals surface area (Å²) in [6, 6.07) is 3.43. The number of thiophene rings is 1. The van der Waals surface area contributed by atoms with Gasteiger partial charge in [0.15, 0.2) is 0 Å². The molecule has 16 heavy (non-hydrogen) atoms. The van der Waals surface area contributed by atoms with E-state index < -0.39 is 0 Å². The second-order valence-electron chi connectivity index (χ2n) is 4.07. The number of carbonyl (C=O) groups is 1. The maximum Gasteiger partial charge on any atom is 0.261 e. The second-order valence-corrected chi connectivity index (χ2v) is 5.79. The normalized spacial score (nSPS) is 24.6. The Bertz CT molecular complexity index is 380. The van der Waals surface area contributed by atoms with Gasteiger partial charge in [0.1, 0.15) is 0 Å². The summed E-state index contributed by atoms with van der Waals surface area (Å²) >= 11 is 7.02. The summed E-state index contributed by atoms with van der Waals surface area (Å²) in [5, 5.41) is 12.4. The first-order valence-corrected chi connectivity index (χ1v) is 6.58. The van der Waals surface area contributed by atoms with Gasteiger partial charge in [-0.15, -0.1) is 11.3 Å². The predicted octanol–water partition coefficient (Wildman–Crippen LogP) is 2.29. The summed E-state index contributed by atoms with van der Waals surface area (Å²) < 4.78 is 0.617. The molecule has 1 saturated carbocycles. The van der Waals surface area contributed by atoms with E-state index in [4.69, 9.17) is 11.6 Å². The first-order chi connectivity index (χ1) is 7.66. The molecule has 0 spiro atoms. The molecule has 1 amide bonds. The van der Waals surface area contributed by atoms with Crippen molar-refractivity contribution < 1.29 is 9.90 Å². The second kappa shape index (κ2) is 5.17. The van der Waals surface area contributed by atoms with Crippen LogP contribution in [-0.4, -0.2) is 23.7 Å². The minimum absolute atomic E-state index is 0.101. The fraction of sp³-hybridized carbons (Fsp3) is 0.545. The molecule has 1 heterocycles. The van der Waals surface area contributed by atoms with Crippen molar-refractivity contribution in [2.45, 2.75) is 25.4 Å². The smallest absolute Gasteiger partial charge is 0.261 e. The van der Waals surface area contributed by atoms with Crippen LogP contribution in [0.15, 0.2) is 12.1 Å². The van der Waals surface area contributed by atoms with Crippen molar-refractivity contribution in [3.63, 3.8) is 0 Å². The van der Waals surface area contributed by atoms with E-state index in [2.05, 4.69) is 5.32 Å². The standard InChI is InChI=1S/C11H14ClNO2S/c12-10-5-4-9(16-10)11(15)13-6-7-2-1-3-8(7)14/h4-5,7-8,14H,1-3,6H2,(H,13,15). The molecule has 0 aromatic carbocycles. The first-order valence-electron chi connectivity index (χ1n) is 5.38. The van der Waals surface area contributed by atoms with Gasteiger partial charge in [0, 0.05) is 12.5 Å². The average Bonchev–Trinajstić information content (AvgIpc) is 2.84. The molecule has 1 aromatic heterocycles. The average molecular weight is 260 g/mol. The molecule has 1 aromatic rings. The molecule has 2 atom stereocenters. The number of aliphatic hydroxyl groups is 1. The Labute approximate surface area is 103 Å².